The number of likely N-dealkylation sites (N-methyl/N-ethyl adjacent to an activating group) is 1. The Morgan fingerprint density at radius 2 is 1.91 bits per heavy atom. The van der Waals surface area contributed by atoms with E-state index in [9.17, 15) is 9.59 Å². The zero-order valence-corrected chi connectivity index (χ0v) is 15.1. The molecule has 3 N–H and O–H groups in total. The first-order valence-electron chi connectivity index (χ1n) is 7.51. The van der Waals surface area contributed by atoms with E-state index in [-0.39, 0.29) is 24.3 Å². The van der Waals surface area contributed by atoms with E-state index in [1.54, 1.807) is 17.0 Å². The van der Waals surface area contributed by atoms with Crippen LogP contribution in [0.25, 0.3) is 0 Å². The third kappa shape index (κ3) is 6.01. The lowest BCUT2D eigenvalue weighted by molar-refractivity contribution is -0.133. The van der Waals surface area contributed by atoms with E-state index in [0.717, 1.165) is 5.56 Å². The lowest BCUT2D eigenvalue weighted by Crippen LogP contribution is -2.47. The summed E-state index contributed by atoms with van der Waals surface area (Å²) in [6, 6.07) is 4.62. The van der Waals surface area contributed by atoms with Crippen molar-refractivity contribution in [3.05, 3.63) is 33.8 Å². The largest absolute Gasteiger partial charge is 0.346 e. The molecular formula is C16H23Cl2N3O2. The Hall–Kier alpha value is -1.30. The predicted octanol–water partition coefficient (Wildman–Crippen LogP) is 2.44. The number of amides is 2. The van der Waals surface area contributed by atoms with Crippen LogP contribution in [0.15, 0.2) is 18.2 Å². The van der Waals surface area contributed by atoms with Crippen LogP contribution in [0.3, 0.4) is 0 Å². The highest BCUT2D eigenvalue weighted by molar-refractivity contribution is 6.42. The maximum atomic E-state index is 12.2. The van der Waals surface area contributed by atoms with Gasteiger partial charge in [-0.15, -0.1) is 0 Å². The molecule has 0 spiro atoms. The lowest BCUT2D eigenvalue weighted by atomic mass is 10.1. The third-order valence-corrected chi connectivity index (χ3v) is 4.27. The van der Waals surface area contributed by atoms with E-state index in [4.69, 9.17) is 28.9 Å². The second kappa shape index (κ2) is 9.11. The number of nitrogens with zero attached hydrogens (tertiary/aromatic N) is 1. The molecule has 0 aromatic heterocycles. The number of hydrogen-bond donors (Lipinski definition) is 2. The van der Waals surface area contributed by atoms with Gasteiger partial charge in [0.2, 0.25) is 11.8 Å². The van der Waals surface area contributed by atoms with Crippen molar-refractivity contribution in [2.45, 2.75) is 33.4 Å². The van der Waals surface area contributed by atoms with Crippen LogP contribution >= 0.6 is 23.2 Å². The van der Waals surface area contributed by atoms with Gasteiger partial charge in [-0.3, -0.25) is 9.59 Å². The van der Waals surface area contributed by atoms with Crippen molar-refractivity contribution >= 4 is 35.0 Å². The molecule has 1 atom stereocenters. The number of rotatable bonds is 7. The van der Waals surface area contributed by atoms with Crippen molar-refractivity contribution in [3.8, 4) is 0 Å². The van der Waals surface area contributed by atoms with Crippen molar-refractivity contribution < 1.29 is 9.59 Å². The average molecular weight is 360 g/mol. The second-order valence-corrected chi connectivity index (χ2v) is 6.46. The van der Waals surface area contributed by atoms with Crippen LogP contribution in [0, 0.1) is 5.92 Å². The molecule has 0 bridgehead atoms. The van der Waals surface area contributed by atoms with Crippen LogP contribution < -0.4 is 11.1 Å². The average Bonchev–Trinajstić information content (AvgIpc) is 2.52. The molecule has 1 rings (SSSR count). The second-order valence-electron chi connectivity index (χ2n) is 5.64. The van der Waals surface area contributed by atoms with Gasteiger partial charge >= 0.3 is 0 Å². The van der Waals surface area contributed by atoms with Crippen LogP contribution in [0.5, 0.6) is 0 Å². The minimum atomic E-state index is -0.618. The molecule has 5 nitrogen and oxygen atoms in total. The van der Waals surface area contributed by atoms with Crippen LogP contribution in [-0.4, -0.2) is 35.8 Å². The highest BCUT2D eigenvalue weighted by Crippen LogP contribution is 2.23. The van der Waals surface area contributed by atoms with E-state index in [1.807, 2.05) is 26.8 Å². The minimum Gasteiger partial charge on any atom is -0.346 e. The molecule has 0 aliphatic heterocycles. The Morgan fingerprint density at radius 1 is 1.26 bits per heavy atom. The summed E-state index contributed by atoms with van der Waals surface area (Å²) >= 11 is 11.9. The molecule has 0 aliphatic carbocycles. The van der Waals surface area contributed by atoms with E-state index >= 15 is 0 Å². The maximum absolute atomic E-state index is 12.2. The molecule has 0 aliphatic rings. The zero-order chi connectivity index (χ0) is 17.6. The summed E-state index contributed by atoms with van der Waals surface area (Å²) in [5.41, 5.74) is 6.62. The summed E-state index contributed by atoms with van der Waals surface area (Å²) in [5.74, 6) is -0.481. The SMILES string of the molecule is CCN(Cc1ccc(Cl)c(Cl)c1)C(=O)CNC(=O)[C@@H](N)C(C)C. The zero-order valence-electron chi connectivity index (χ0n) is 13.6. The van der Waals surface area contributed by atoms with Gasteiger partial charge in [0.05, 0.1) is 22.6 Å². The van der Waals surface area contributed by atoms with Gasteiger partial charge in [0.25, 0.3) is 0 Å². The smallest absolute Gasteiger partial charge is 0.242 e. The summed E-state index contributed by atoms with van der Waals surface area (Å²) in [4.78, 5) is 25.7. The summed E-state index contributed by atoms with van der Waals surface area (Å²) in [5, 5.41) is 3.50. The Labute approximate surface area is 147 Å². The Kier molecular flexibility index (Phi) is 7.82. The Bertz CT molecular complexity index is 564. The molecule has 0 saturated carbocycles. The minimum absolute atomic E-state index is 0.0172. The number of hydrogen-bond acceptors (Lipinski definition) is 3. The van der Waals surface area contributed by atoms with Gasteiger partial charge in [-0.05, 0) is 30.5 Å². The van der Waals surface area contributed by atoms with Crippen LogP contribution in [0.2, 0.25) is 10.0 Å². The standard InChI is InChI=1S/C16H23Cl2N3O2/c1-4-21(9-11-5-6-12(17)13(18)7-11)14(22)8-20-16(23)15(19)10(2)3/h5-7,10,15H,4,8-9,19H2,1-3H3,(H,20,23)/t15-/m0/s1. The van der Waals surface area contributed by atoms with Crippen molar-refractivity contribution in [3.63, 3.8) is 0 Å². The molecule has 23 heavy (non-hydrogen) atoms. The molecule has 0 fully saturated rings. The molecule has 128 valence electrons. The van der Waals surface area contributed by atoms with Gasteiger partial charge in [0.1, 0.15) is 0 Å². The Morgan fingerprint density at radius 3 is 2.43 bits per heavy atom. The summed E-state index contributed by atoms with van der Waals surface area (Å²) < 4.78 is 0. The number of carbonyl (C=O) groups excluding carboxylic acids is 2. The van der Waals surface area contributed by atoms with E-state index < -0.39 is 6.04 Å². The van der Waals surface area contributed by atoms with Crippen molar-refractivity contribution in [2.75, 3.05) is 13.1 Å². The normalized spacial score (nSPS) is 12.1. The van der Waals surface area contributed by atoms with Gasteiger partial charge in [-0.1, -0.05) is 43.1 Å². The Balaban J connectivity index is 2.61. The number of halogens is 2. The van der Waals surface area contributed by atoms with E-state index in [0.29, 0.717) is 23.1 Å². The molecule has 2 amide bonds. The van der Waals surface area contributed by atoms with Gasteiger partial charge in [-0.25, -0.2) is 0 Å². The topological polar surface area (TPSA) is 75.4 Å². The van der Waals surface area contributed by atoms with Crippen LogP contribution in [-0.2, 0) is 16.1 Å². The fraction of sp³-hybridized carbons (Fsp3) is 0.500. The first-order chi connectivity index (χ1) is 10.8. The number of carbonyl (C=O) groups is 2. The number of benzene rings is 1. The molecule has 1 aromatic rings. The first-order valence-corrected chi connectivity index (χ1v) is 8.26. The van der Waals surface area contributed by atoms with Crippen LogP contribution in [0.1, 0.15) is 26.3 Å². The van der Waals surface area contributed by atoms with E-state index in [1.165, 1.54) is 0 Å². The van der Waals surface area contributed by atoms with Gasteiger partial charge in [-0.2, -0.15) is 0 Å². The summed E-state index contributed by atoms with van der Waals surface area (Å²) in [7, 11) is 0. The molecule has 0 unspecified atom stereocenters. The van der Waals surface area contributed by atoms with Crippen molar-refractivity contribution in [2.24, 2.45) is 11.7 Å². The predicted molar refractivity (Wildman–Crippen MR) is 93.4 cm³/mol. The summed E-state index contributed by atoms with van der Waals surface area (Å²) in [6.45, 7) is 6.43. The highest BCUT2D eigenvalue weighted by Gasteiger charge is 2.19. The van der Waals surface area contributed by atoms with Gasteiger partial charge in [0, 0.05) is 13.1 Å². The molecule has 7 heteroatoms. The number of nitrogens with one attached hydrogen (secondary N) is 1. The van der Waals surface area contributed by atoms with Crippen molar-refractivity contribution in [1.82, 2.24) is 10.2 Å². The molecule has 0 heterocycles. The molecule has 0 radical (unpaired) electrons. The maximum Gasteiger partial charge on any atom is 0.242 e. The molecule has 1 aromatic carbocycles. The third-order valence-electron chi connectivity index (χ3n) is 3.53. The molecular weight excluding hydrogens is 337 g/mol. The van der Waals surface area contributed by atoms with Crippen LogP contribution in [0.4, 0.5) is 0 Å². The quantitative estimate of drug-likeness (QED) is 0.784. The fourth-order valence-electron chi connectivity index (χ4n) is 1.93. The molecule has 0 saturated heterocycles. The summed E-state index contributed by atoms with van der Waals surface area (Å²) in [6.07, 6.45) is 0. The number of nitrogens with two attached hydrogens (primary N) is 1. The van der Waals surface area contributed by atoms with E-state index in [2.05, 4.69) is 5.32 Å². The highest BCUT2D eigenvalue weighted by atomic mass is 35.5. The van der Waals surface area contributed by atoms with Crippen molar-refractivity contribution in [1.29, 1.82) is 0 Å². The first kappa shape index (κ1) is 19.7. The van der Waals surface area contributed by atoms with Gasteiger partial charge in [0.15, 0.2) is 0 Å². The lowest BCUT2D eigenvalue weighted by Gasteiger charge is -2.22. The fourth-order valence-corrected chi connectivity index (χ4v) is 2.25. The monoisotopic (exact) mass is 359 g/mol. The van der Waals surface area contributed by atoms with Gasteiger partial charge < -0.3 is 16.0 Å².